The van der Waals surface area contributed by atoms with E-state index in [1.165, 1.54) is 16.8 Å². The third-order valence-corrected chi connectivity index (χ3v) is 7.21. The number of nitrogens with one attached hydrogen (secondary N) is 2. The van der Waals surface area contributed by atoms with E-state index in [0.717, 1.165) is 24.8 Å². The first-order valence-corrected chi connectivity index (χ1v) is 15.9. The van der Waals surface area contributed by atoms with E-state index in [-0.39, 0.29) is 54.7 Å². The van der Waals surface area contributed by atoms with E-state index >= 15 is 0 Å². The van der Waals surface area contributed by atoms with Gasteiger partial charge in [0.05, 0.1) is 24.1 Å². The van der Waals surface area contributed by atoms with Crippen molar-refractivity contribution in [2.75, 3.05) is 17.7 Å². The fraction of sp³-hybridized carbons (Fsp3) is 0.382. The molecule has 274 valence electrons. The maximum atomic E-state index is 13.5. The molecule has 17 heteroatoms. The highest BCUT2D eigenvalue weighted by Crippen LogP contribution is 2.24. The highest BCUT2D eigenvalue weighted by atomic mass is 19.4. The van der Waals surface area contributed by atoms with Crippen molar-refractivity contribution in [1.82, 2.24) is 14.9 Å². The number of nitrogen functional groups attached to an aromatic ring is 1. The van der Waals surface area contributed by atoms with E-state index in [1.54, 1.807) is 43.3 Å². The number of ether oxygens (including phenoxy) is 2. The van der Waals surface area contributed by atoms with E-state index in [2.05, 4.69) is 20.6 Å². The van der Waals surface area contributed by atoms with Crippen LogP contribution in [-0.2, 0) is 32.2 Å². The van der Waals surface area contributed by atoms with E-state index in [9.17, 15) is 37.1 Å². The monoisotopic (exact) mass is 715 g/mol. The van der Waals surface area contributed by atoms with Crippen molar-refractivity contribution in [1.29, 1.82) is 0 Å². The van der Waals surface area contributed by atoms with Gasteiger partial charge in [-0.05, 0) is 63.8 Å². The predicted octanol–water partition coefficient (Wildman–Crippen LogP) is 4.34. The molecule has 1 fully saturated rings. The largest absolute Gasteiger partial charge is 0.462 e. The molecule has 0 saturated heterocycles. The molecule has 0 spiro atoms. The summed E-state index contributed by atoms with van der Waals surface area (Å²) in [5.41, 5.74) is 14.0. The topological polar surface area (TPSA) is 210 Å². The van der Waals surface area contributed by atoms with Gasteiger partial charge in [-0.2, -0.15) is 18.2 Å². The lowest BCUT2D eigenvalue weighted by molar-refractivity contribution is -0.168. The summed E-state index contributed by atoms with van der Waals surface area (Å²) < 4.78 is 44.1. The summed E-state index contributed by atoms with van der Waals surface area (Å²) in [6.45, 7) is 5.93. The van der Waals surface area contributed by atoms with Crippen LogP contribution in [0.15, 0.2) is 58.4 Å². The van der Waals surface area contributed by atoms with Gasteiger partial charge in [-0.1, -0.05) is 24.3 Å². The van der Waals surface area contributed by atoms with Gasteiger partial charge in [0.2, 0.25) is 11.7 Å². The van der Waals surface area contributed by atoms with Crippen LogP contribution in [0.25, 0.3) is 11.3 Å². The second-order valence-electron chi connectivity index (χ2n) is 11.7. The molecule has 1 aliphatic rings. The maximum Gasteiger partial charge on any atom is 0.449 e. The zero-order valence-electron chi connectivity index (χ0n) is 28.5. The minimum absolute atomic E-state index is 0.0352. The molecule has 0 aliphatic heterocycles. The lowest BCUT2D eigenvalue weighted by Gasteiger charge is -2.23. The number of rotatable bonds is 11. The second-order valence-corrected chi connectivity index (χ2v) is 11.7. The van der Waals surface area contributed by atoms with Crippen LogP contribution in [0.3, 0.4) is 0 Å². The molecule has 0 atom stereocenters. The number of halogens is 3. The standard InChI is InChI=1S/C31H37N7O6.C3H3F3O/c1-4-43-30(41)22-12-21(13-23(32)14-22)25-16-35-28(36-18(2)3)29(40)38(25)17-26(39)34-15-19-8-10-20(11-9-19)27(33)37-31(42)44-24-6-5-7-24;1-2(7)3(4,5)6/h8-14,16,18,24H,4-7,15,17,32H2,1-3H3,(H,34,39)(H,35,36)(H2,33,37,42);1H3. The molecular weight excluding hydrogens is 675 g/mol. The Morgan fingerprint density at radius 3 is 2.27 bits per heavy atom. The van der Waals surface area contributed by atoms with Crippen LogP contribution in [-0.4, -0.2) is 64.1 Å². The number of nitrogens with two attached hydrogens (primary N) is 2. The summed E-state index contributed by atoms with van der Waals surface area (Å²) in [6.07, 6.45) is -1.27. The number of esters is 1. The summed E-state index contributed by atoms with van der Waals surface area (Å²) in [5.74, 6) is -2.64. The highest BCUT2D eigenvalue weighted by molar-refractivity contribution is 6.02. The van der Waals surface area contributed by atoms with E-state index in [1.807, 2.05) is 13.8 Å². The van der Waals surface area contributed by atoms with Gasteiger partial charge in [0.15, 0.2) is 5.82 Å². The van der Waals surface area contributed by atoms with Gasteiger partial charge < -0.3 is 31.6 Å². The summed E-state index contributed by atoms with van der Waals surface area (Å²) in [7, 11) is 0. The lowest BCUT2D eigenvalue weighted by atomic mass is 9.96. The van der Waals surface area contributed by atoms with Crippen molar-refractivity contribution >= 4 is 41.1 Å². The van der Waals surface area contributed by atoms with Gasteiger partial charge in [-0.15, -0.1) is 0 Å². The molecular formula is C34H40F3N7O7. The van der Waals surface area contributed by atoms with Gasteiger partial charge >= 0.3 is 18.2 Å². The molecule has 14 nitrogen and oxygen atoms in total. The molecule has 0 bridgehead atoms. The summed E-state index contributed by atoms with van der Waals surface area (Å²) in [6, 6.07) is 11.4. The first-order valence-electron chi connectivity index (χ1n) is 15.9. The number of ketones is 1. The molecule has 3 aromatic rings. The van der Waals surface area contributed by atoms with Crippen LogP contribution in [0.2, 0.25) is 0 Å². The number of amidine groups is 1. The number of carbonyl (C=O) groups is 4. The summed E-state index contributed by atoms with van der Waals surface area (Å²) >= 11 is 0. The quantitative estimate of drug-likeness (QED) is 0.0950. The second kappa shape index (κ2) is 17.8. The lowest BCUT2D eigenvalue weighted by Crippen LogP contribution is -2.35. The normalized spacial score (nSPS) is 13.0. The number of Topliss-reactive ketones (excluding diaryl/α,β-unsaturated/α-hetero) is 1. The zero-order chi connectivity index (χ0) is 37.9. The molecule has 2 aromatic carbocycles. The molecule has 1 heterocycles. The van der Waals surface area contributed by atoms with Crippen LogP contribution >= 0.6 is 0 Å². The Morgan fingerprint density at radius 2 is 1.73 bits per heavy atom. The number of alkyl halides is 3. The third kappa shape index (κ3) is 12.0. The molecule has 2 amide bonds. The van der Waals surface area contributed by atoms with Crippen LogP contribution in [0, 0.1) is 0 Å². The number of benzene rings is 2. The maximum absolute atomic E-state index is 13.5. The van der Waals surface area contributed by atoms with Crippen molar-refractivity contribution in [2.24, 2.45) is 10.7 Å². The highest BCUT2D eigenvalue weighted by Gasteiger charge is 2.33. The number of anilines is 2. The minimum atomic E-state index is -4.64. The molecule has 6 N–H and O–H groups in total. The molecule has 1 aromatic heterocycles. The van der Waals surface area contributed by atoms with Crippen LogP contribution in [0.1, 0.15) is 68.4 Å². The average molecular weight is 716 g/mol. The Bertz CT molecular complexity index is 1820. The first-order chi connectivity index (χ1) is 24.0. The number of hydrogen-bond acceptors (Lipinski definition) is 10. The van der Waals surface area contributed by atoms with E-state index in [4.69, 9.17) is 20.9 Å². The molecule has 51 heavy (non-hydrogen) atoms. The Labute approximate surface area is 291 Å². The SMILES string of the molecule is CC(=O)C(F)(F)F.CCOC(=O)c1cc(N)cc(-c2cnc(NC(C)C)c(=O)n2CC(=O)NCc2ccc(/C(N)=N/C(=O)OC3CCC3)cc2)c1. The van der Waals surface area contributed by atoms with Crippen LogP contribution < -0.4 is 27.7 Å². The smallest absolute Gasteiger partial charge is 0.449 e. The number of aliphatic imine (C=N–C) groups is 1. The Balaban J connectivity index is 0.000000908. The fourth-order valence-corrected chi connectivity index (χ4v) is 4.39. The van der Waals surface area contributed by atoms with Crippen molar-refractivity contribution < 1.29 is 41.8 Å². The molecule has 1 saturated carbocycles. The summed E-state index contributed by atoms with van der Waals surface area (Å²) in [5, 5.41) is 5.81. The number of nitrogens with zero attached hydrogens (tertiary/aromatic N) is 3. The van der Waals surface area contributed by atoms with Crippen molar-refractivity contribution in [3.8, 4) is 11.3 Å². The van der Waals surface area contributed by atoms with Gasteiger partial charge in [0.1, 0.15) is 18.5 Å². The molecule has 0 radical (unpaired) electrons. The van der Waals surface area contributed by atoms with Crippen LogP contribution in [0.4, 0.5) is 29.5 Å². The predicted molar refractivity (Wildman–Crippen MR) is 183 cm³/mol. The Morgan fingerprint density at radius 1 is 1.08 bits per heavy atom. The van der Waals surface area contributed by atoms with Gasteiger partial charge in [0.25, 0.3) is 5.56 Å². The first kappa shape index (κ1) is 39.7. The van der Waals surface area contributed by atoms with Gasteiger partial charge in [-0.3, -0.25) is 19.0 Å². The number of amides is 2. The Kier molecular flexibility index (Phi) is 13.8. The third-order valence-electron chi connectivity index (χ3n) is 7.21. The van der Waals surface area contributed by atoms with E-state index in [0.29, 0.717) is 23.7 Å². The molecule has 0 unspecified atom stereocenters. The van der Waals surface area contributed by atoms with Crippen LogP contribution in [0.5, 0.6) is 0 Å². The minimum Gasteiger partial charge on any atom is -0.462 e. The van der Waals surface area contributed by atoms with E-state index < -0.39 is 35.5 Å². The number of carbonyl (C=O) groups excluding carboxylic acids is 4. The van der Waals surface area contributed by atoms with Gasteiger partial charge in [0, 0.05) is 36.3 Å². The number of hydrogen-bond donors (Lipinski definition) is 4. The Hall–Kier alpha value is -5.74. The fourth-order valence-electron chi connectivity index (χ4n) is 4.39. The zero-order valence-corrected chi connectivity index (χ0v) is 28.5. The average Bonchev–Trinajstić information content (AvgIpc) is 3.03. The summed E-state index contributed by atoms with van der Waals surface area (Å²) in [4.78, 5) is 68.3. The van der Waals surface area contributed by atoms with Crippen molar-refractivity contribution in [3.63, 3.8) is 0 Å². The molecule has 1 aliphatic carbocycles. The van der Waals surface area contributed by atoms with Crippen molar-refractivity contribution in [3.05, 3.63) is 75.7 Å². The number of aromatic nitrogens is 2. The van der Waals surface area contributed by atoms with Gasteiger partial charge in [-0.25, -0.2) is 14.6 Å². The van der Waals surface area contributed by atoms with Crippen molar-refractivity contribution in [2.45, 2.75) is 78.4 Å². The molecule has 4 rings (SSSR count).